The van der Waals surface area contributed by atoms with Crippen molar-refractivity contribution >= 4 is 6.03 Å². The topological polar surface area (TPSA) is 61.8 Å². The number of aliphatic hydroxyl groups is 1. The number of nitrogens with zero attached hydrogens (tertiary/aromatic N) is 1. The molecule has 5 heteroatoms. The Morgan fingerprint density at radius 1 is 1.55 bits per heavy atom. The molecule has 0 fully saturated rings. The quantitative estimate of drug-likeness (QED) is 0.746. The maximum Gasteiger partial charge on any atom is 0.318 e. The van der Waals surface area contributed by atoms with Gasteiger partial charge in [-0.15, -0.1) is 6.58 Å². The summed E-state index contributed by atoms with van der Waals surface area (Å²) < 4.78 is 5.29. The third-order valence-corrected chi connectivity index (χ3v) is 2.88. The molecule has 0 spiro atoms. The predicted octanol–water partition coefficient (Wildman–Crippen LogP) is 1.69. The van der Waals surface area contributed by atoms with Crippen LogP contribution in [0.1, 0.15) is 11.1 Å². The van der Waals surface area contributed by atoms with Gasteiger partial charge in [0.25, 0.3) is 0 Å². The Labute approximate surface area is 119 Å². The highest BCUT2D eigenvalue weighted by Crippen LogP contribution is 2.19. The zero-order valence-electron chi connectivity index (χ0n) is 12.1. The fraction of sp³-hybridized carbons (Fsp3) is 0.400. The van der Waals surface area contributed by atoms with E-state index >= 15 is 0 Å². The lowest BCUT2D eigenvalue weighted by Crippen LogP contribution is -2.41. The second-order valence-corrected chi connectivity index (χ2v) is 4.43. The van der Waals surface area contributed by atoms with Gasteiger partial charge < -0.3 is 20.1 Å². The van der Waals surface area contributed by atoms with Crippen molar-refractivity contribution in [3.63, 3.8) is 0 Å². The molecule has 1 rings (SSSR count). The van der Waals surface area contributed by atoms with Crippen LogP contribution in [0, 0.1) is 6.92 Å². The first-order valence-electron chi connectivity index (χ1n) is 6.50. The highest BCUT2D eigenvalue weighted by molar-refractivity contribution is 5.74. The van der Waals surface area contributed by atoms with Crippen LogP contribution >= 0.6 is 0 Å². The van der Waals surface area contributed by atoms with Crippen LogP contribution in [0.2, 0.25) is 0 Å². The van der Waals surface area contributed by atoms with Crippen molar-refractivity contribution < 1.29 is 14.6 Å². The Balaban J connectivity index is 2.65. The number of methoxy groups -OCH3 is 1. The minimum absolute atomic E-state index is 0.0743. The SMILES string of the molecule is C=CCN(CCO)C(=O)NCc1ccc(C)cc1OC. The van der Waals surface area contributed by atoms with E-state index in [0.717, 1.165) is 16.9 Å². The lowest BCUT2D eigenvalue weighted by Gasteiger charge is -2.21. The molecule has 1 aromatic rings. The molecular weight excluding hydrogens is 256 g/mol. The van der Waals surface area contributed by atoms with E-state index in [0.29, 0.717) is 13.1 Å². The molecule has 0 aliphatic rings. The number of amides is 2. The average Bonchev–Trinajstić information content (AvgIpc) is 2.45. The molecule has 1 aromatic carbocycles. The van der Waals surface area contributed by atoms with Gasteiger partial charge in [0.2, 0.25) is 0 Å². The molecular formula is C15H22N2O3. The van der Waals surface area contributed by atoms with Gasteiger partial charge in [0.05, 0.1) is 13.7 Å². The minimum atomic E-state index is -0.235. The Morgan fingerprint density at radius 2 is 2.30 bits per heavy atom. The van der Waals surface area contributed by atoms with E-state index in [1.54, 1.807) is 13.2 Å². The molecule has 0 saturated heterocycles. The standard InChI is InChI=1S/C15H22N2O3/c1-4-7-17(8-9-18)15(19)16-11-13-6-5-12(2)10-14(13)20-3/h4-6,10,18H,1,7-9,11H2,2-3H3,(H,16,19). The summed E-state index contributed by atoms with van der Waals surface area (Å²) in [5.74, 6) is 0.753. The number of ether oxygens (including phenoxy) is 1. The third kappa shape index (κ3) is 4.59. The van der Waals surface area contributed by atoms with Crippen molar-refractivity contribution in [2.45, 2.75) is 13.5 Å². The molecule has 0 aliphatic heterocycles. The van der Waals surface area contributed by atoms with Crippen LogP contribution in [0.15, 0.2) is 30.9 Å². The van der Waals surface area contributed by atoms with Crippen LogP contribution in [0.25, 0.3) is 0 Å². The normalized spacial score (nSPS) is 9.95. The number of rotatable bonds is 7. The summed E-state index contributed by atoms with van der Waals surface area (Å²) in [4.78, 5) is 13.5. The molecule has 110 valence electrons. The van der Waals surface area contributed by atoms with Crippen molar-refractivity contribution in [3.8, 4) is 5.75 Å². The van der Waals surface area contributed by atoms with Crippen molar-refractivity contribution in [3.05, 3.63) is 42.0 Å². The van der Waals surface area contributed by atoms with E-state index < -0.39 is 0 Å². The molecule has 0 heterocycles. The number of carbonyl (C=O) groups is 1. The smallest absolute Gasteiger partial charge is 0.318 e. The van der Waals surface area contributed by atoms with Gasteiger partial charge in [-0.1, -0.05) is 18.2 Å². The lowest BCUT2D eigenvalue weighted by molar-refractivity contribution is 0.183. The zero-order chi connectivity index (χ0) is 15.0. The molecule has 0 radical (unpaired) electrons. The number of hydrogen-bond donors (Lipinski definition) is 2. The average molecular weight is 278 g/mol. The van der Waals surface area contributed by atoms with E-state index in [1.807, 2.05) is 25.1 Å². The molecule has 2 N–H and O–H groups in total. The summed E-state index contributed by atoms with van der Waals surface area (Å²) in [5, 5.41) is 11.7. The monoisotopic (exact) mass is 278 g/mol. The van der Waals surface area contributed by atoms with Gasteiger partial charge in [-0.25, -0.2) is 4.79 Å². The fourth-order valence-corrected chi connectivity index (χ4v) is 1.83. The van der Waals surface area contributed by atoms with Gasteiger partial charge in [0.15, 0.2) is 0 Å². The molecule has 20 heavy (non-hydrogen) atoms. The number of carbonyl (C=O) groups excluding carboxylic acids is 1. The Hall–Kier alpha value is -2.01. The van der Waals surface area contributed by atoms with Crippen molar-refractivity contribution in [1.82, 2.24) is 10.2 Å². The maximum absolute atomic E-state index is 12.0. The van der Waals surface area contributed by atoms with Crippen molar-refractivity contribution in [2.75, 3.05) is 26.8 Å². The van der Waals surface area contributed by atoms with Gasteiger partial charge in [0, 0.05) is 25.2 Å². The van der Waals surface area contributed by atoms with Crippen LogP contribution in [0.5, 0.6) is 5.75 Å². The summed E-state index contributed by atoms with van der Waals surface area (Å²) in [7, 11) is 1.61. The molecule has 0 atom stereocenters. The number of benzene rings is 1. The zero-order valence-corrected chi connectivity index (χ0v) is 12.1. The first-order valence-corrected chi connectivity index (χ1v) is 6.50. The summed E-state index contributed by atoms with van der Waals surface area (Å²) in [6.45, 7) is 6.56. The number of aliphatic hydroxyl groups excluding tert-OH is 1. The van der Waals surface area contributed by atoms with Gasteiger partial charge in [-0.3, -0.25) is 0 Å². The highest BCUT2D eigenvalue weighted by atomic mass is 16.5. The number of urea groups is 1. The van der Waals surface area contributed by atoms with E-state index in [2.05, 4.69) is 11.9 Å². The third-order valence-electron chi connectivity index (χ3n) is 2.88. The fourth-order valence-electron chi connectivity index (χ4n) is 1.83. The lowest BCUT2D eigenvalue weighted by atomic mass is 10.1. The number of nitrogens with one attached hydrogen (secondary N) is 1. The van der Waals surface area contributed by atoms with Gasteiger partial charge in [-0.2, -0.15) is 0 Å². The van der Waals surface area contributed by atoms with Crippen LogP contribution in [-0.2, 0) is 6.54 Å². The largest absolute Gasteiger partial charge is 0.496 e. The van der Waals surface area contributed by atoms with Crippen LogP contribution in [-0.4, -0.2) is 42.8 Å². The second kappa shape index (κ2) is 8.22. The molecule has 0 bridgehead atoms. The summed E-state index contributed by atoms with van der Waals surface area (Å²) in [6, 6.07) is 5.59. The number of aryl methyl sites for hydroxylation is 1. The molecule has 0 aromatic heterocycles. The van der Waals surface area contributed by atoms with E-state index in [1.165, 1.54) is 4.90 Å². The maximum atomic E-state index is 12.0. The van der Waals surface area contributed by atoms with Gasteiger partial charge >= 0.3 is 6.03 Å². The molecule has 5 nitrogen and oxygen atoms in total. The number of hydrogen-bond acceptors (Lipinski definition) is 3. The van der Waals surface area contributed by atoms with Crippen molar-refractivity contribution in [1.29, 1.82) is 0 Å². The molecule has 0 saturated carbocycles. The summed E-state index contributed by atoms with van der Waals surface area (Å²) in [5.41, 5.74) is 2.01. The van der Waals surface area contributed by atoms with E-state index in [-0.39, 0.29) is 19.2 Å². The second-order valence-electron chi connectivity index (χ2n) is 4.43. The predicted molar refractivity (Wildman–Crippen MR) is 78.8 cm³/mol. The van der Waals surface area contributed by atoms with Crippen LogP contribution in [0.3, 0.4) is 0 Å². The highest BCUT2D eigenvalue weighted by Gasteiger charge is 2.12. The Morgan fingerprint density at radius 3 is 2.90 bits per heavy atom. The van der Waals surface area contributed by atoms with Crippen LogP contribution < -0.4 is 10.1 Å². The Bertz CT molecular complexity index is 460. The molecule has 0 unspecified atom stereocenters. The molecule has 2 amide bonds. The van der Waals surface area contributed by atoms with E-state index in [4.69, 9.17) is 9.84 Å². The van der Waals surface area contributed by atoms with Gasteiger partial charge in [-0.05, 0) is 18.6 Å². The summed E-state index contributed by atoms with van der Waals surface area (Å²) in [6.07, 6.45) is 1.63. The van der Waals surface area contributed by atoms with Crippen molar-refractivity contribution in [2.24, 2.45) is 0 Å². The van der Waals surface area contributed by atoms with E-state index in [9.17, 15) is 4.79 Å². The Kier molecular flexibility index (Phi) is 6.59. The molecule has 0 aliphatic carbocycles. The summed E-state index contributed by atoms with van der Waals surface area (Å²) >= 11 is 0. The first kappa shape index (κ1) is 16.0. The van der Waals surface area contributed by atoms with Crippen LogP contribution in [0.4, 0.5) is 4.79 Å². The minimum Gasteiger partial charge on any atom is -0.496 e. The van der Waals surface area contributed by atoms with Gasteiger partial charge in [0.1, 0.15) is 5.75 Å². The first-order chi connectivity index (χ1) is 9.62.